The molecule has 0 aliphatic heterocycles. The molecule has 0 aliphatic carbocycles. The van der Waals surface area contributed by atoms with E-state index < -0.39 is 12.0 Å². The number of aliphatic carboxylic acids is 1. The van der Waals surface area contributed by atoms with Crippen LogP contribution in [0.2, 0.25) is 0 Å². The molecule has 1 unspecified atom stereocenters. The Morgan fingerprint density at radius 2 is 1.90 bits per heavy atom. The first-order chi connectivity index (χ1) is 9.92. The molecule has 0 saturated heterocycles. The van der Waals surface area contributed by atoms with E-state index in [1.165, 1.54) is 11.8 Å². The first-order valence-electron chi connectivity index (χ1n) is 6.71. The number of carbonyl (C=O) groups is 2. The smallest absolute Gasteiger partial charge is 0.326 e. The number of amides is 1. The Balaban J connectivity index is 2.46. The number of carboxylic acids is 1. The average molecular weight is 311 g/mol. The fraction of sp³-hybridized carbons (Fsp3) is 0.467. The molecule has 116 valence electrons. The van der Waals surface area contributed by atoms with Gasteiger partial charge in [0.1, 0.15) is 11.8 Å². The van der Waals surface area contributed by atoms with Gasteiger partial charge in [-0.2, -0.15) is 0 Å². The summed E-state index contributed by atoms with van der Waals surface area (Å²) in [6.07, 6.45) is 0.425. The molecular weight excluding hydrogens is 290 g/mol. The highest BCUT2D eigenvalue weighted by molar-refractivity contribution is 8.00. The van der Waals surface area contributed by atoms with Gasteiger partial charge in [0.2, 0.25) is 5.91 Å². The molecule has 1 aromatic rings. The van der Waals surface area contributed by atoms with Crippen LogP contribution < -0.4 is 10.1 Å². The van der Waals surface area contributed by atoms with Crippen LogP contribution in [-0.4, -0.2) is 35.9 Å². The summed E-state index contributed by atoms with van der Waals surface area (Å²) < 4.78 is 5.06. The zero-order valence-electron chi connectivity index (χ0n) is 12.5. The third-order valence-corrected chi connectivity index (χ3v) is 3.78. The number of rotatable bonds is 8. The van der Waals surface area contributed by atoms with Crippen LogP contribution in [0.15, 0.2) is 29.2 Å². The maximum absolute atomic E-state index is 11.8. The molecule has 2 N–H and O–H groups in total. The topological polar surface area (TPSA) is 75.6 Å². The van der Waals surface area contributed by atoms with Gasteiger partial charge in [0.25, 0.3) is 0 Å². The number of carbonyl (C=O) groups excluding carboxylic acids is 1. The summed E-state index contributed by atoms with van der Waals surface area (Å²) in [5.74, 6) is -0.114. The van der Waals surface area contributed by atoms with Gasteiger partial charge in [0.05, 0.1) is 12.9 Å². The number of thioether (sulfide) groups is 1. The third kappa shape index (κ3) is 6.53. The maximum atomic E-state index is 11.8. The van der Waals surface area contributed by atoms with Gasteiger partial charge in [-0.05, 0) is 36.6 Å². The van der Waals surface area contributed by atoms with E-state index in [9.17, 15) is 9.59 Å². The number of hydrogen-bond donors (Lipinski definition) is 2. The summed E-state index contributed by atoms with van der Waals surface area (Å²) in [4.78, 5) is 23.8. The van der Waals surface area contributed by atoms with Gasteiger partial charge in [-0.1, -0.05) is 13.8 Å². The normalized spacial score (nSPS) is 12.0. The molecule has 0 saturated carbocycles. The third-order valence-electron chi connectivity index (χ3n) is 2.77. The highest BCUT2D eigenvalue weighted by atomic mass is 32.2. The average Bonchev–Trinajstić information content (AvgIpc) is 2.44. The van der Waals surface area contributed by atoms with Gasteiger partial charge in [0.15, 0.2) is 0 Å². The van der Waals surface area contributed by atoms with Crippen LogP contribution in [0.3, 0.4) is 0 Å². The zero-order valence-corrected chi connectivity index (χ0v) is 13.3. The van der Waals surface area contributed by atoms with Crippen LogP contribution in [0.1, 0.15) is 20.3 Å². The van der Waals surface area contributed by atoms with Crippen LogP contribution in [0.5, 0.6) is 5.75 Å². The van der Waals surface area contributed by atoms with Gasteiger partial charge < -0.3 is 15.2 Å². The number of ether oxygens (including phenoxy) is 1. The molecule has 5 nitrogen and oxygen atoms in total. The lowest BCUT2D eigenvalue weighted by Crippen LogP contribution is -2.42. The molecular formula is C15H21NO4S. The molecule has 0 bridgehead atoms. The van der Waals surface area contributed by atoms with E-state index in [-0.39, 0.29) is 17.6 Å². The second-order valence-corrected chi connectivity index (χ2v) is 6.10. The molecule has 1 amide bonds. The summed E-state index contributed by atoms with van der Waals surface area (Å²) in [6, 6.07) is 6.53. The van der Waals surface area contributed by atoms with E-state index in [1.807, 2.05) is 38.1 Å². The minimum Gasteiger partial charge on any atom is -0.497 e. The van der Waals surface area contributed by atoms with Gasteiger partial charge in [-0.25, -0.2) is 4.79 Å². The summed E-state index contributed by atoms with van der Waals surface area (Å²) in [5.41, 5.74) is 0. The summed E-state index contributed by atoms with van der Waals surface area (Å²) in [7, 11) is 1.59. The Morgan fingerprint density at radius 3 is 2.38 bits per heavy atom. The zero-order chi connectivity index (χ0) is 15.8. The molecule has 1 atom stereocenters. The lowest BCUT2D eigenvalue weighted by molar-refractivity contribution is -0.141. The molecule has 6 heteroatoms. The van der Waals surface area contributed by atoms with Gasteiger partial charge in [0, 0.05) is 4.90 Å². The van der Waals surface area contributed by atoms with Gasteiger partial charge in [-0.3, -0.25) is 4.79 Å². The number of hydrogen-bond acceptors (Lipinski definition) is 4. The van der Waals surface area contributed by atoms with Crippen molar-refractivity contribution in [3.63, 3.8) is 0 Å². The minimum absolute atomic E-state index is 0.189. The number of carboxylic acid groups (broad SMARTS) is 1. The van der Waals surface area contributed by atoms with Crippen LogP contribution in [-0.2, 0) is 9.59 Å². The highest BCUT2D eigenvalue weighted by Crippen LogP contribution is 2.21. The minimum atomic E-state index is -0.994. The van der Waals surface area contributed by atoms with Crippen LogP contribution in [0.4, 0.5) is 0 Å². The van der Waals surface area contributed by atoms with Crippen molar-refractivity contribution in [3.8, 4) is 5.75 Å². The molecule has 0 heterocycles. The second-order valence-electron chi connectivity index (χ2n) is 5.05. The van der Waals surface area contributed by atoms with Crippen molar-refractivity contribution in [1.29, 1.82) is 0 Å². The molecule has 0 aromatic heterocycles. The molecule has 1 aromatic carbocycles. The quantitative estimate of drug-likeness (QED) is 0.721. The highest BCUT2D eigenvalue weighted by Gasteiger charge is 2.20. The molecule has 0 spiro atoms. The van der Waals surface area contributed by atoms with E-state index in [0.29, 0.717) is 6.42 Å². The first-order valence-corrected chi connectivity index (χ1v) is 7.70. The molecule has 21 heavy (non-hydrogen) atoms. The van der Waals surface area contributed by atoms with Crippen LogP contribution in [0.25, 0.3) is 0 Å². The van der Waals surface area contributed by atoms with Crippen molar-refractivity contribution in [3.05, 3.63) is 24.3 Å². The van der Waals surface area contributed by atoms with E-state index in [2.05, 4.69) is 5.32 Å². The molecule has 0 fully saturated rings. The van der Waals surface area contributed by atoms with Crippen molar-refractivity contribution in [2.75, 3.05) is 12.9 Å². The number of nitrogens with one attached hydrogen (secondary N) is 1. The monoisotopic (exact) mass is 311 g/mol. The predicted octanol–water partition coefficient (Wildman–Crippen LogP) is 2.40. The fourth-order valence-electron chi connectivity index (χ4n) is 1.75. The standard InChI is InChI=1S/C15H21NO4S/c1-10(2)8-13(15(18)19)16-14(17)9-21-12-6-4-11(20-3)5-7-12/h4-7,10,13H,8-9H2,1-3H3,(H,16,17)(H,18,19). The van der Waals surface area contributed by atoms with E-state index in [1.54, 1.807) is 7.11 Å². The SMILES string of the molecule is COc1ccc(SCC(=O)NC(CC(C)C)C(=O)O)cc1. The lowest BCUT2D eigenvalue weighted by atomic mass is 10.0. The fourth-order valence-corrected chi connectivity index (χ4v) is 2.46. The Bertz CT molecular complexity index is 473. The van der Waals surface area contributed by atoms with Crippen molar-refractivity contribution in [2.24, 2.45) is 5.92 Å². The van der Waals surface area contributed by atoms with E-state index >= 15 is 0 Å². The largest absolute Gasteiger partial charge is 0.497 e. The van der Waals surface area contributed by atoms with Crippen molar-refractivity contribution < 1.29 is 19.4 Å². The first kappa shape index (κ1) is 17.4. The van der Waals surface area contributed by atoms with Crippen molar-refractivity contribution >= 4 is 23.6 Å². The summed E-state index contributed by atoms with van der Waals surface area (Å²) >= 11 is 1.36. The molecule has 0 aliphatic rings. The summed E-state index contributed by atoms with van der Waals surface area (Å²) in [5, 5.41) is 11.6. The predicted molar refractivity (Wildman–Crippen MR) is 82.7 cm³/mol. The number of benzene rings is 1. The van der Waals surface area contributed by atoms with Crippen molar-refractivity contribution in [1.82, 2.24) is 5.32 Å². The molecule has 0 radical (unpaired) electrons. The van der Waals surface area contributed by atoms with Gasteiger partial charge in [-0.15, -0.1) is 11.8 Å². The van der Waals surface area contributed by atoms with Crippen molar-refractivity contribution in [2.45, 2.75) is 31.2 Å². The maximum Gasteiger partial charge on any atom is 0.326 e. The van der Waals surface area contributed by atoms with Crippen LogP contribution in [0, 0.1) is 5.92 Å². The number of methoxy groups -OCH3 is 1. The van der Waals surface area contributed by atoms with Gasteiger partial charge >= 0.3 is 5.97 Å². The Hall–Kier alpha value is -1.69. The van der Waals surface area contributed by atoms with E-state index in [4.69, 9.17) is 9.84 Å². The Morgan fingerprint density at radius 1 is 1.29 bits per heavy atom. The molecule has 1 rings (SSSR count). The Kier molecular flexibility index (Phi) is 7.08. The Labute approximate surface area is 129 Å². The van der Waals surface area contributed by atoms with Crippen LogP contribution >= 0.6 is 11.8 Å². The van der Waals surface area contributed by atoms with E-state index in [0.717, 1.165) is 10.6 Å². The lowest BCUT2D eigenvalue weighted by Gasteiger charge is -2.16. The summed E-state index contributed by atoms with van der Waals surface area (Å²) in [6.45, 7) is 3.85. The second kappa shape index (κ2) is 8.56.